The van der Waals surface area contributed by atoms with Crippen LogP contribution in [0.15, 0.2) is 29.7 Å². The molecule has 104 valence electrons. The molecule has 20 heavy (non-hydrogen) atoms. The lowest BCUT2D eigenvalue weighted by Gasteiger charge is -2.10. The molecule has 0 aliphatic carbocycles. The smallest absolute Gasteiger partial charge is 0.144 e. The van der Waals surface area contributed by atoms with Gasteiger partial charge in [0.1, 0.15) is 25.1 Å². The molecule has 0 aliphatic rings. The van der Waals surface area contributed by atoms with Crippen LogP contribution in [0.3, 0.4) is 0 Å². The van der Waals surface area contributed by atoms with Crippen molar-refractivity contribution >= 4 is 46.7 Å². The number of nitrogens with one attached hydrogen (secondary N) is 1. The number of halogens is 2. The molecule has 0 unspecified atom stereocenters. The first-order chi connectivity index (χ1) is 9.60. The Morgan fingerprint density at radius 2 is 1.95 bits per heavy atom. The number of anilines is 3. The molecule has 3 N–H and O–H groups in total. The van der Waals surface area contributed by atoms with Gasteiger partial charge in [-0.1, -0.05) is 28.4 Å². The van der Waals surface area contributed by atoms with Crippen LogP contribution < -0.4 is 11.1 Å². The second-order valence-corrected chi connectivity index (χ2v) is 4.59. The number of oxime groups is 1. The predicted molar refractivity (Wildman–Crippen MR) is 80.8 cm³/mol. The zero-order chi connectivity index (χ0) is 14.5. The Morgan fingerprint density at radius 3 is 2.60 bits per heavy atom. The summed E-state index contributed by atoms with van der Waals surface area (Å²) >= 11 is 11.9. The Kier molecular flexibility index (Phi) is 4.60. The third kappa shape index (κ3) is 3.49. The van der Waals surface area contributed by atoms with Crippen molar-refractivity contribution in [2.75, 3.05) is 18.2 Å². The minimum Gasteiger partial charge on any atom is -0.399 e. The first-order valence-electron chi connectivity index (χ1n) is 5.50. The Morgan fingerprint density at radius 1 is 1.25 bits per heavy atom. The van der Waals surface area contributed by atoms with Crippen LogP contribution in [0.25, 0.3) is 0 Å². The van der Waals surface area contributed by atoms with Crippen LogP contribution in [-0.2, 0) is 4.84 Å². The standard InChI is InChI=1S/C12H11Cl2N5O/c1-20-18-5-10-11(15)16-6-17-12(10)19-9-3-7(13)2-8(14)4-9/h2-6H,1H3,(H3,15,16,17,19). The molecule has 1 aromatic heterocycles. The molecular weight excluding hydrogens is 301 g/mol. The quantitative estimate of drug-likeness (QED) is 0.669. The molecule has 2 rings (SSSR count). The fourth-order valence-electron chi connectivity index (χ4n) is 1.50. The highest BCUT2D eigenvalue weighted by molar-refractivity contribution is 6.35. The van der Waals surface area contributed by atoms with Gasteiger partial charge in [-0.15, -0.1) is 0 Å². The number of rotatable bonds is 4. The number of aromatic nitrogens is 2. The Balaban J connectivity index is 2.37. The zero-order valence-electron chi connectivity index (χ0n) is 10.5. The number of nitrogen functional groups attached to an aromatic ring is 1. The second-order valence-electron chi connectivity index (χ2n) is 3.72. The molecule has 2 aromatic rings. The van der Waals surface area contributed by atoms with E-state index in [1.165, 1.54) is 19.7 Å². The van der Waals surface area contributed by atoms with E-state index >= 15 is 0 Å². The molecule has 0 saturated heterocycles. The van der Waals surface area contributed by atoms with Crippen molar-refractivity contribution in [1.29, 1.82) is 0 Å². The monoisotopic (exact) mass is 311 g/mol. The maximum absolute atomic E-state index is 5.94. The third-order valence-corrected chi connectivity index (χ3v) is 2.76. The average molecular weight is 312 g/mol. The van der Waals surface area contributed by atoms with E-state index in [2.05, 4.69) is 25.3 Å². The highest BCUT2D eigenvalue weighted by Gasteiger charge is 2.08. The van der Waals surface area contributed by atoms with Crippen LogP contribution >= 0.6 is 23.2 Å². The highest BCUT2D eigenvalue weighted by atomic mass is 35.5. The Bertz CT molecular complexity index is 627. The molecule has 0 saturated carbocycles. The summed E-state index contributed by atoms with van der Waals surface area (Å²) in [6, 6.07) is 5.06. The van der Waals surface area contributed by atoms with Crippen LogP contribution in [-0.4, -0.2) is 23.3 Å². The molecule has 1 heterocycles. The number of nitrogens with two attached hydrogens (primary N) is 1. The molecule has 0 radical (unpaired) electrons. The topological polar surface area (TPSA) is 85.4 Å². The molecule has 0 aliphatic heterocycles. The van der Waals surface area contributed by atoms with Crippen LogP contribution in [0.5, 0.6) is 0 Å². The van der Waals surface area contributed by atoms with Gasteiger partial charge in [0, 0.05) is 15.7 Å². The van der Waals surface area contributed by atoms with Gasteiger partial charge in [-0.2, -0.15) is 0 Å². The Labute approximate surface area is 125 Å². The summed E-state index contributed by atoms with van der Waals surface area (Å²) in [5.74, 6) is 0.744. The number of benzene rings is 1. The van der Waals surface area contributed by atoms with Crippen molar-refractivity contribution in [3.05, 3.63) is 40.1 Å². The van der Waals surface area contributed by atoms with Crippen molar-refractivity contribution in [2.45, 2.75) is 0 Å². The van der Waals surface area contributed by atoms with Gasteiger partial charge in [-0.05, 0) is 18.2 Å². The summed E-state index contributed by atoms with van der Waals surface area (Å²) in [5, 5.41) is 7.74. The zero-order valence-corrected chi connectivity index (χ0v) is 12.0. The molecule has 1 aromatic carbocycles. The van der Waals surface area contributed by atoms with Crippen molar-refractivity contribution in [3.8, 4) is 0 Å². The van der Waals surface area contributed by atoms with Gasteiger partial charge in [0.15, 0.2) is 0 Å². The lowest BCUT2D eigenvalue weighted by molar-refractivity contribution is 0.215. The van der Waals surface area contributed by atoms with Crippen molar-refractivity contribution in [3.63, 3.8) is 0 Å². The van der Waals surface area contributed by atoms with E-state index in [1.807, 2.05) is 0 Å². The maximum atomic E-state index is 5.94. The Hall–Kier alpha value is -2.05. The van der Waals surface area contributed by atoms with Gasteiger partial charge in [0.2, 0.25) is 0 Å². The first-order valence-corrected chi connectivity index (χ1v) is 6.26. The number of hydrogen-bond acceptors (Lipinski definition) is 6. The molecule has 0 amide bonds. The summed E-state index contributed by atoms with van der Waals surface area (Å²) in [4.78, 5) is 12.6. The van der Waals surface area contributed by atoms with Crippen molar-refractivity contribution < 1.29 is 4.84 Å². The van der Waals surface area contributed by atoms with E-state index in [0.29, 0.717) is 27.1 Å². The fraction of sp³-hybridized carbons (Fsp3) is 0.0833. The summed E-state index contributed by atoms with van der Waals surface area (Å²) in [6.07, 6.45) is 2.76. The normalized spacial score (nSPS) is 10.8. The summed E-state index contributed by atoms with van der Waals surface area (Å²) in [7, 11) is 1.43. The van der Waals surface area contributed by atoms with Gasteiger partial charge in [-0.25, -0.2) is 9.97 Å². The third-order valence-electron chi connectivity index (χ3n) is 2.33. The maximum Gasteiger partial charge on any atom is 0.144 e. The average Bonchev–Trinajstić information content (AvgIpc) is 2.37. The van der Waals surface area contributed by atoms with Crippen LogP contribution in [0.1, 0.15) is 5.56 Å². The van der Waals surface area contributed by atoms with Crippen LogP contribution in [0.4, 0.5) is 17.3 Å². The molecule has 0 atom stereocenters. The second kappa shape index (κ2) is 6.40. The van der Waals surface area contributed by atoms with Gasteiger partial charge in [0.05, 0.1) is 11.8 Å². The van der Waals surface area contributed by atoms with Crippen molar-refractivity contribution in [2.24, 2.45) is 5.16 Å². The van der Waals surface area contributed by atoms with Crippen molar-refractivity contribution in [1.82, 2.24) is 9.97 Å². The molecule has 0 bridgehead atoms. The van der Waals surface area contributed by atoms with E-state index < -0.39 is 0 Å². The minimum atomic E-state index is 0.274. The molecule has 0 spiro atoms. The lowest BCUT2D eigenvalue weighted by atomic mass is 10.2. The van der Waals surface area contributed by atoms with E-state index in [-0.39, 0.29) is 5.82 Å². The van der Waals surface area contributed by atoms with Crippen LogP contribution in [0.2, 0.25) is 10.0 Å². The van der Waals surface area contributed by atoms with Gasteiger partial charge >= 0.3 is 0 Å². The summed E-state index contributed by atoms with van der Waals surface area (Å²) in [5.41, 5.74) is 6.96. The minimum absolute atomic E-state index is 0.274. The van der Waals surface area contributed by atoms with Gasteiger partial charge < -0.3 is 15.9 Å². The number of nitrogens with zero attached hydrogens (tertiary/aromatic N) is 3. The molecule has 6 nitrogen and oxygen atoms in total. The molecule has 0 fully saturated rings. The largest absolute Gasteiger partial charge is 0.399 e. The van der Waals surface area contributed by atoms with Gasteiger partial charge in [0.25, 0.3) is 0 Å². The summed E-state index contributed by atoms with van der Waals surface area (Å²) in [6.45, 7) is 0. The lowest BCUT2D eigenvalue weighted by Crippen LogP contribution is -2.05. The van der Waals surface area contributed by atoms with E-state index in [4.69, 9.17) is 28.9 Å². The SMILES string of the molecule is CON=Cc1c(N)ncnc1Nc1cc(Cl)cc(Cl)c1. The van der Waals surface area contributed by atoms with E-state index in [9.17, 15) is 0 Å². The molecule has 8 heteroatoms. The van der Waals surface area contributed by atoms with E-state index in [0.717, 1.165) is 0 Å². The van der Waals surface area contributed by atoms with E-state index in [1.54, 1.807) is 18.2 Å². The van der Waals surface area contributed by atoms with Crippen LogP contribution in [0, 0.1) is 0 Å². The predicted octanol–water partition coefficient (Wildman–Crippen LogP) is 3.09. The highest BCUT2D eigenvalue weighted by Crippen LogP contribution is 2.26. The fourth-order valence-corrected chi connectivity index (χ4v) is 2.03. The summed E-state index contributed by atoms with van der Waals surface area (Å²) < 4.78 is 0. The number of hydrogen-bond donors (Lipinski definition) is 2. The first kappa shape index (κ1) is 14.4. The van der Waals surface area contributed by atoms with Gasteiger partial charge in [-0.3, -0.25) is 0 Å². The molecular formula is C12H11Cl2N5O.